The predicted molar refractivity (Wildman–Crippen MR) is 168 cm³/mol. The monoisotopic (exact) mass is 655 g/mol. The molecule has 1 aromatic heterocycles. The maximum Gasteiger partial charge on any atom is 0.387 e. The second kappa shape index (κ2) is 13.3. The topological polar surface area (TPSA) is 106 Å². The molecule has 13 heteroatoms. The molecule has 2 heterocycles. The number of hydrogen-bond acceptors (Lipinski definition) is 6. The van der Waals surface area contributed by atoms with Gasteiger partial charge in [-0.1, -0.05) is 35.3 Å². The van der Waals surface area contributed by atoms with Crippen LogP contribution in [0.1, 0.15) is 57.4 Å². The number of hydrogen-bond donors (Lipinski definition) is 2. The fraction of sp³-hybridized carbons (Fsp3) is 0.250. The normalized spacial score (nSPS) is 14.9. The minimum absolute atomic E-state index is 0.0156. The number of carbonyl (C=O) groups excluding carboxylic acids is 2. The van der Waals surface area contributed by atoms with Crippen LogP contribution in [0, 0.1) is 0 Å². The van der Waals surface area contributed by atoms with Crippen molar-refractivity contribution >= 4 is 41.0 Å². The van der Waals surface area contributed by atoms with Crippen LogP contribution in [-0.4, -0.2) is 46.0 Å². The van der Waals surface area contributed by atoms with Crippen molar-refractivity contribution in [1.29, 1.82) is 0 Å². The van der Waals surface area contributed by atoms with E-state index in [1.165, 1.54) is 29.8 Å². The van der Waals surface area contributed by atoms with Gasteiger partial charge in [-0.2, -0.15) is 8.78 Å². The van der Waals surface area contributed by atoms with Crippen molar-refractivity contribution in [2.24, 2.45) is 0 Å². The van der Waals surface area contributed by atoms with E-state index in [9.17, 15) is 23.2 Å². The van der Waals surface area contributed by atoms with E-state index in [1.807, 2.05) is 13.8 Å². The molecule has 0 saturated heterocycles. The fourth-order valence-electron chi connectivity index (χ4n) is 5.18. The average molecular weight is 657 g/mol. The van der Waals surface area contributed by atoms with Gasteiger partial charge in [0, 0.05) is 29.8 Å². The number of rotatable bonds is 8. The summed E-state index contributed by atoms with van der Waals surface area (Å²) in [5, 5.41) is 6.43. The summed E-state index contributed by atoms with van der Waals surface area (Å²) in [6, 6.07) is 16.5. The lowest BCUT2D eigenvalue weighted by Crippen LogP contribution is -2.46. The third-order valence-electron chi connectivity index (χ3n) is 7.61. The van der Waals surface area contributed by atoms with Crippen molar-refractivity contribution in [2.75, 3.05) is 12.4 Å². The lowest BCUT2D eigenvalue weighted by Gasteiger charge is -2.35. The zero-order chi connectivity index (χ0) is 32.4. The van der Waals surface area contributed by atoms with Crippen LogP contribution < -0.4 is 20.9 Å². The Labute approximate surface area is 267 Å². The molecule has 1 aliphatic heterocycles. The molecular formula is C32H29Cl2F2N5O4. The molecule has 0 bridgehead atoms. The van der Waals surface area contributed by atoms with E-state index in [4.69, 9.17) is 28.2 Å². The van der Waals surface area contributed by atoms with Gasteiger partial charge in [-0.15, -0.1) is 0 Å². The molecule has 2 amide bonds. The molecule has 45 heavy (non-hydrogen) atoms. The van der Waals surface area contributed by atoms with Gasteiger partial charge < -0.3 is 20.3 Å². The number of carbonyl (C=O) groups is 2. The first-order valence-electron chi connectivity index (χ1n) is 14.0. The molecular weight excluding hydrogens is 627 g/mol. The molecule has 0 saturated carbocycles. The van der Waals surface area contributed by atoms with E-state index in [-0.39, 0.29) is 53.1 Å². The maximum atomic E-state index is 14.1. The largest absolute Gasteiger partial charge is 0.435 e. The predicted octanol–water partition coefficient (Wildman–Crippen LogP) is 6.26. The van der Waals surface area contributed by atoms with Gasteiger partial charge in [0.05, 0.1) is 34.0 Å². The van der Waals surface area contributed by atoms with Gasteiger partial charge in [0.25, 0.3) is 17.4 Å². The van der Waals surface area contributed by atoms with Gasteiger partial charge in [0.15, 0.2) is 0 Å². The highest BCUT2D eigenvalue weighted by Crippen LogP contribution is 2.29. The van der Waals surface area contributed by atoms with Gasteiger partial charge >= 0.3 is 6.61 Å². The Hall–Kier alpha value is -4.48. The minimum atomic E-state index is -2.94. The molecule has 4 aromatic rings. The Morgan fingerprint density at radius 3 is 2.29 bits per heavy atom. The van der Waals surface area contributed by atoms with Gasteiger partial charge in [0.2, 0.25) is 5.95 Å². The highest BCUT2D eigenvalue weighted by atomic mass is 35.5. The summed E-state index contributed by atoms with van der Waals surface area (Å²) in [5.74, 6) is -0.342. The smallest absolute Gasteiger partial charge is 0.387 e. The van der Waals surface area contributed by atoms with Gasteiger partial charge in [0.1, 0.15) is 5.75 Å². The number of amides is 2. The SMILES string of the molecule is CNC(=O)c1ccc(-n2c(NC(C)c3ccc(OC(F)F)cc3)nc3c(c2=O)C[C@@H](C)N(C(=O)c2ccc(Cl)c(Cl)c2)C3)cc1. The summed E-state index contributed by atoms with van der Waals surface area (Å²) in [6.45, 7) is 0.816. The number of ether oxygens (including phenoxy) is 1. The molecule has 0 spiro atoms. The maximum absolute atomic E-state index is 14.1. The van der Waals surface area contributed by atoms with Crippen molar-refractivity contribution in [2.45, 2.75) is 45.5 Å². The van der Waals surface area contributed by atoms with Crippen LogP contribution in [0.2, 0.25) is 10.0 Å². The van der Waals surface area contributed by atoms with Crippen molar-refractivity contribution in [1.82, 2.24) is 19.8 Å². The first kappa shape index (κ1) is 31.9. The van der Waals surface area contributed by atoms with E-state index in [2.05, 4.69) is 15.4 Å². The van der Waals surface area contributed by atoms with Crippen molar-refractivity contribution < 1.29 is 23.1 Å². The van der Waals surface area contributed by atoms with E-state index in [0.717, 1.165) is 5.56 Å². The van der Waals surface area contributed by atoms with Crippen molar-refractivity contribution in [3.63, 3.8) is 0 Å². The summed E-state index contributed by atoms with van der Waals surface area (Å²) in [7, 11) is 1.53. The first-order valence-corrected chi connectivity index (χ1v) is 14.8. The number of benzene rings is 3. The quantitative estimate of drug-likeness (QED) is 0.232. The summed E-state index contributed by atoms with van der Waals surface area (Å²) in [4.78, 5) is 46.3. The molecule has 0 aliphatic carbocycles. The number of fused-ring (bicyclic) bond motifs is 1. The Morgan fingerprint density at radius 1 is 1.00 bits per heavy atom. The van der Waals surface area contributed by atoms with Crippen LogP contribution in [0.5, 0.6) is 5.75 Å². The first-order chi connectivity index (χ1) is 21.5. The van der Waals surface area contributed by atoms with Gasteiger partial charge in [-0.3, -0.25) is 14.4 Å². The third-order valence-corrected chi connectivity index (χ3v) is 8.35. The zero-order valence-corrected chi connectivity index (χ0v) is 26.0. The van der Waals surface area contributed by atoms with E-state index >= 15 is 0 Å². The van der Waals surface area contributed by atoms with Crippen LogP contribution in [0.15, 0.2) is 71.5 Å². The van der Waals surface area contributed by atoms with Crippen LogP contribution in [-0.2, 0) is 13.0 Å². The summed E-state index contributed by atoms with van der Waals surface area (Å²) < 4.78 is 31.2. The molecule has 234 valence electrons. The molecule has 3 aromatic carbocycles. The van der Waals surface area contributed by atoms with Crippen LogP contribution in [0.4, 0.5) is 14.7 Å². The minimum Gasteiger partial charge on any atom is -0.435 e. The Morgan fingerprint density at radius 2 is 1.67 bits per heavy atom. The molecule has 2 N–H and O–H groups in total. The number of nitrogens with one attached hydrogen (secondary N) is 2. The van der Waals surface area contributed by atoms with Crippen LogP contribution >= 0.6 is 23.2 Å². The summed E-state index contributed by atoms with van der Waals surface area (Å²) >= 11 is 12.2. The standard InChI is InChI=1S/C32H29Cl2F2N5O4/c1-17-14-24-27(16-40(17)29(43)21-8-13-25(33)26(34)15-21)39-32(38-18(2)19-6-11-23(12-7-19)45-31(35)36)41(30(24)44)22-9-4-20(5-10-22)28(42)37-3/h4-13,15,17-18,31H,14,16H2,1-3H3,(H,37,42)(H,38,39)/t17-,18?/m1/s1. The second-order valence-electron chi connectivity index (χ2n) is 10.6. The molecule has 0 radical (unpaired) electrons. The van der Waals surface area contributed by atoms with E-state index in [1.54, 1.807) is 53.4 Å². The number of anilines is 1. The molecule has 1 aliphatic rings. The van der Waals surface area contributed by atoms with E-state index < -0.39 is 12.7 Å². The molecule has 2 atom stereocenters. The van der Waals surface area contributed by atoms with Crippen LogP contribution in [0.3, 0.4) is 0 Å². The fourth-order valence-corrected chi connectivity index (χ4v) is 5.48. The third kappa shape index (κ3) is 6.79. The number of alkyl halides is 2. The lowest BCUT2D eigenvalue weighted by atomic mass is 9.98. The van der Waals surface area contributed by atoms with Gasteiger partial charge in [-0.05, 0) is 80.4 Å². The second-order valence-corrected chi connectivity index (χ2v) is 11.4. The Bertz CT molecular complexity index is 1800. The molecule has 9 nitrogen and oxygen atoms in total. The number of halogens is 4. The average Bonchev–Trinajstić information content (AvgIpc) is 3.02. The zero-order valence-electron chi connectivity index (χ0n) is 24.5. The van der Waals surface area contributed by atoms with Crippen LogP contribution in [0.25, 0.3) is 5.69 Å². The number of aromatic nitrogens is 2. The molecule has 1 unspecified atom stereocenters. The number of nitrogens with zero attached hydrogens (tertiary/aromatic N) is 3. The molecule has 0 fully saturated rings. The van der Waals surface area contributed by atoms with Gasteiger partial charge in [-0.25, -0.2) is 9.55 Å². The van der Waals surface area contributed by atoms with Crippen molar-refractivity contribution in [3.8, 4) is 11.4 Å². The lowest BCUT2D eigenvalue weighted by molar-refractivity contribution is -0.0498. The summed E-state index contributed by atoms with van der Waals surface area (Å²) in [6.07, 6.45) is 0.256. The van der Waals surface area contributed by atoms with E-state index in [0.29, 0.717) is 33.1 Å². The Kier molecular flexibility index (Phi) is 9.40. The highest BCUT2D eigenvalue weighted by molar-refractivity contribution is 6.42. The molecule has 5 rings (SSSR count). The summed E-state index contributed by atoms with van der Waals surface area (Å²) in [5.41, 5.74) is 2.53. The highest BCUT2D eigenvalue weighted by Gasteiger charge is 2.32. The van der Waals surface area contributed by atoms with Crippen molar-refractivity contribution in [3.05, 3.63) is 115 Å². The Balaban J connectivity index is 1.54.